The van der Waals surface area contributed by atoms with Crippen molar-refractivity contribution in [3.8, 4) is 5.75 Å². The average molecular weight is 229 g/mol. The molecule has 1 aromatic carbocycles. The second-order valence-corrected chi connectivity index (χ2v) is 3.94. The lowest BCUT2D eigenvalue weighted by Crippen LogP contribution is -2.17. The number of ether oxygens (including phenoxy) is 1. The molecule has 2 nitrogen and oxygen atoms in total. The molecule has 0 spiro atoms. The normalized spacial score (nSPS) is 12.5. The van der Waals surface area contributed by atoms with Gasteiger partial charge in [0, 0.05) is 0 Å². The highest BCUT2D eigenvalue weighted by Crippen LogP contribution is 2.23. The van der Waals surface area contributed by atoms with Crippen LogP contribution in [-0.4, -0.2) is 17.8 Å². The quantitative estimate of drug-likeness (QED) is 0.810. The Balaban J connectivity index is 2.33. The molecule has 15 heavy (non-hydrogen) atoms. The SMILES string of the molecule is CCCC[C@H](O)COc1ccccc1Cl. The van der Waals surface area contributed by atoms with Gasteiger partial charge in [0.25, 0.3) is 0 Å². The number of para-hydroxylation sites is 1. The van der Waals surface area contributed by atoms with Crippen LogP contribution in [0.15, 0.2) is 24.3 Å². The molecule has 84 valence electrons. The third-order valence-electron chi connectivity index (χ3n) is 2.16. The van der Waals surface area contributed by atoms with Crippen LogP contribution in [0, 0.1) is 0 Å². The molecule has 0 fully saturated rings. The number of aliphatic hydroxyl groups is 1. The molecule has 0 amide bonds. The van der Waals surface area contributed by atoms with Gasteiger partial charge in [0.15, 0.2) is 0 Å². The Labute approximate surface area is 95.8 Å². The maximum atomic E-state index is 9.56. The summed E-state index contributed by atoms with van der Waals surface area (Å²) in [5, 5.41) is 10.1. The van der Waals surface area contributed by atoms with E-state index in [1.165, 1.54) is 0 Å². The van der Waals surface area contributed by atoms with Crippen LogP contribution in [0.3, 0.4) is 0 Å². The molecule has 1 rings (SSSR count). The summed E-state index contributed by atoms with van der Waals surface area (Å²) in [5.74, 6) is 0.634. The van der Waals surface area contributed by atoms with Gasteiger partial charge in [-0.25, -0.2) is 0 Å². The second kappa shape index (κ2) is 6.70. The zero-order chi connectivity index (χ0) is 11.1. The summed E-state index contributed by atoms with van der Waals surface area (Å²) in [7, 11) is 0. The Kier molecular flexibility index (Phi) is 5.51. The van der Waals surface area contributed by atoms with Gasteiger partial charge in [0.2, 0.25) is 0 Å². The van der Waals surface area contributed by atoms with E-state index in [4.69, 9.17) is 16.3 Å². The predicted molar refractivity (Wildman–Crippen MR) is 62.5 cm³/mol. The fourth-order valence-electron chi connectivity index (χ4n) is 1.27. The van der Waals surface area contributed by atoms with Crippen LogP contribution < -0.4 is 4.74 Å². The largest absolute Gasteiger partial charge is 0.489 e. The van der Waals surface area contributed by atoms with Gasteiger partial charge in [-0.3, -0.25) is 0 Å². The van der Waals surface area contributed by atoms with Crippen molar-refractivity contribution >= 4 is 11.6 Å². The van der Waals surface area contributed by atoms with Crippen molar-refractivity contribution in [2.24, 2.45) is 0 Å². The minimum absolute atomic E-state index is 0.309. The summed E-state index contributed by atoms with van der Waals surface area (Å²) in [6, 6.07) is 7.28. The molecule has 1 N–H and O–H groups in total. The molecule has 0 aliphatic heterocycles. The predicted octanol–water partition coefficient (Wildman–Crippen LogP) is 3.27. The van der Waals surface area contributed by atoms with Gasteiger partial charge in [-0.15, -0.1) is 0 Å². The Bertz CT molecular complexity index is 289. The highest BCUT2D eigenvalue weighted by atomic mass is 35.5. The first-order valence-corrected chi connectivity index (χ1v) is 5.67. The molecular weight excluding hydrogens is 212 g/mol. The third kappa shape index (κ3) is 4.54. The van der Waals surface area contributed by atoms with E-state index in [-0.39, 0.29) is 0 Å². The molecule has 1 atom stereocenters. The summed E-state index contributed by atoms with van der Waals surface area (Å²) in [5.41, 5.74) is 0. The summed E-state index contributed by atoms with van der Waals surface area (Å²) >= 11 is 5.91. The van der Waals surface area contributed by atoms with Gasteiger partial charge in [-0.05, 0) is 18.6 Å². The van der Waals surface area contributed by atoms with E-state index in [2.05, 4.69) is 6.92 Å². The first-order chi connectivity index (χ1) is 7.24. The van der Waals surface area contributed by atoms with Crippen LogP contribution in [0.4, 0.5) is 0 Å². The molecule has 0 saturated carbocycles. The number of benzene rings is 1. The zero-order valence-corrected chi connectivity index (χ0v) is 9.70. The molecule has 0 aromatic heterocycles. The van der Waals surface area contributed by atoms with Crippen molar-refractivity contribution < 1.29 is 9.84 Å². The van der Waals surface area contributed by atoms with Crippen molar-refractivity contribution in [2.75, 3.05) is 6.61 Å². The molecule has 0 radical (unpaired) electrons. The number of hydrogen-bond acceptors (Lipinski definition) is 2. The summed E-state index contributed by atoms with van der Waals surface area (Å²) in [6.45, 7) is 2.41. The van der Waals surface area contributed by atoms with Gasteiger partial charge in [0.05, 0.1) is 11.1 Å². The first kappa shape index (κ1) is 12.3. The van der Waals surface area contributed by atoms with E-state index >= 15 is 0 Å². The number of halogens is 1. The van der Waals surface area contributed by atoms with Crippen molar-refractivity contribution in [3.63, 3.8) is 0 Å². The lowest BCUT2D eigenvalue weighted by atomic mass is 10.2. The number of aliphatic hydroxyl groups excluding tert-OH is 1. The highest BCUT2D eigenvalue weighted by Gasteiger charge is 2.06. The minimum atomic E-state index is -0.402. The fraction of sp³-hybridized carbons (Fsp3) is 0.500. The standard InChI is InChI=1S/C12H17ClO2/c1-2-3-6-10(14)9-15-12-8-5-4-7-11(12)13/h4-5,7-8,10,14H,2-3,6,9H2,1H3/t10-/m0/s1. The minimum Gasteiger partial charge on any atom is -0.489 e. The summed E-state index contributed by atoms with van der Waals surface area (Å²) in [4.78, 5) is 0. The molecule has 0 aliphatic rings. The van der Waals surface area contributed by atoms with Crippen LogP contribution in [0.2, 0.25) is 5.02 Å². The van der Waals surface area contributed by atoms with Gasteiger partial charge in [-0.1, -0.05) is 43.5 Å². The molecular formula is C12H17ClO2. The molecule has 0 unspecified atom stereocenters. The van der Waals surface area contributed by atoms with Crippen LogP contribution in [0.25, 0.3) is 0 Å². The molecule has 0 heterocycles. The second-order valence-electron chi connectivity index (χ2n) is 3.54. The number of unbranched alkanes of at least 4 members (excludes halogenated alkanes) is 1. The maximum Gasteiger partial charge on any atom is 0.138 e. The third-order valence-corrected chi connectivity index (χ3v) is 2.47. The lowest BCUT2D eigenvalue weighted by molar-refractivity contribution is 0.0980. The molecule has 1 aromatic rings. The summed E-state index contributed by atoms with van der Waals surface area (Å²) < 4.78 is 5.41. The van der Waals surface area contributed by atoms with Crippen molar-refractivity contribution in [1.82, 2.24) is 0 Å². The Morgan fingerprint density at radius 3 is 2.80 bits per heavy atom. The number of hydrogen-bond donors (Lipinski definition) is 1. The molecule has 3 heteroatoms. The van der Waals surface area contributed by atoms with Crippen molar-refractivity contribution in [2.45, 2.75) is 32.3 Å². The smallest absolute Gasteiger partial charge is 0.138 e. The van der Waals surface area contributed by atoms with Gasteiger partial charge >= 0.3 is 0 Å². The first-order valence-electron chi connectivity index (χ1n) is 5.29. The van der Waals surface area contributed by atoms with E-state index < -0.39 is 6.10 Å². The molecule has 0 saturated heterocycles. The van der Waals surface area contributed by atoms with E-state index in [1.807, 2.05) is 12.1 Å². The average Bonchev–Trinajstić information content (AvgIpc) is 2.25. The van der Waals surface area contributed by atoms with Crippen LogP contribution in [0.5, 0.6) is 5.75 Å². The maximum absolute atomic E-state index is 9.56. The molecule has 0 aliphatic carbocycles. The van der Waals surface area contributed by atoms with E-state index in [0.29, 0.717) is 17.4 Å². The van der Waals surface area contributed by atoms with E-state index in [0.717, 1.165) is 19.3 Å². The Morgan fingerprint density at radius 2 is 2.13 bits per heavy atom. The van der Waals surface area contributed by atoms with Crippen LogP contribution in [-0.2, 0) is 0 Å². The van der Waals surface area contributed by atoms with E-state index in [1.54, 1.807) is 12.1 Å². The topological polar surface area (TPSA) is 29.5 Å². The summed E-state index contributed by atoms with van der Waals surface area (Å²) in [6.07, 6.45) is 2.48. The van der Waals surface area contributed by atoms with E-state index in [9.17, 15) is 5.11 Å². The van der Waals surface area contributed by atoms with Crippen LogP contribution >= 0.6 is 11.6 Å². The Morgan fingerprint density at radius 1 is 1.40 bits per heavy atom. The van der Waals surface area contributed by atoms with Crippen molar-refractivity contribution in [1.29, 1.82) is 0 Å². The number of rotatable bonds is 6. The zero-order valence-electron chi connectivity index (χ0n) is 8.95. The van der Waals surface area contributed by atoms with Crippen LogP contribution in [0.1, 0.15) is 26.2 Å². The lowest BCUT2D eigenvalue weighted by Gasteiger charge is -2.12. The highest BCUT2D eigenvalue weighted by molar-refractivity contribution is 6.32. The monoisotopic (exact) mass is 228 g/mol. The van der Waals surface area contributed by atoms with Crippen molar-refractivity contribution in [3.05, 3.63) is 29.3 Å². The Hall–Kier alpha value is -0.730. The van der Waals surface area contributed by atoms with Gasteiger partial charge in [0.1, 0.15) is 12.4 Å². The fourth-order valence-corrected chi connectivity index (χ4v) is 1.46. The van der Waals surface area contributed by atoms with Gasteiger partial charge < -0.3 is 9.84 Å². The molecule has 0 bridgehead atoms. The van der Waals surface area contributed by atoms with Gasteiger partial charge in [-0.2, -0.15) is 0 Å².